The van der Waals surface area contributed by atoms with Crippen molar-refractivity contribution in [1.29, 1.82) is 0 Å². The highest BCUT2D eigenvalue weighted by atomic mass is 19.3. The number of benzene rings is 3. The Labute approximate surface area is 191 Å². The van der Waals surface area contributed by atoms with Crippen LogP contribution in [0.4, 0.5) is 19.3 Å². The first kappa shape index (κ1) is 24.0. The second-order valence-corrected chi connectivity index (χ2v) is 7.35. The molecule has 0 aromatic heterocycles. The van der Waals surface area contributed by atoms with E-state index in [2.05, 4.69) is 10.1 Å². The second kappa shape index (κ2) is 11.8. The zero-order chi connectivity index (χ0) is 23.6. The van der Waals surface area contributed by atoms with Crippen molar-refractivity contribution in [3.05, 3.63) is 89.5 Å². The third-order valence-electron chi connectivity index (χ3n) is 4.79. The molecule has 2 amide bonds. The molecule has 33 heavy (non-hydrogen) atoms. The Morgan fingerprint density at radius 2 is 1.55 bits per heavy atom. The van der Waals surface area contributed by atoms with E-state index in [9.17, 15) is 13.6 Å². The number of nitrogens with one attached hydrogen (secondary N) is 1. The summed E-state index contributed by atoms with van der Waals surface area (Å²) < 4.78 is 39.8. The van der Waals surface area contributed by atoms with Gasteiger partial charge in [-0.2, -0.15) is 8.78 Å². The molecule has 0 saturated carbocycles. The molecule has 0 radical (unpaired) electrons. The number of urea groups is 1. The van der Waals surface area contributed by atoms with Gasteiger partial charge in [-0.15, -0.1) is 0 Å². The van der Waals surface area contributed by atoms with E-state index in [-0.39, 0.29) is 11.8 Å². The van der Waals surface area contributed by atoms with Crippen LogP contribution in [0.1, 0.15) is 16.7 Å². The highest BCUT2D eigenvalue weighted by Gasteiger charge is 2.11. The van der Waals surface area contributed by atoms with Crippen molar-refractivity contribution in [3.63, 3.8) is 0 Å². The lowest BCUT2D eigenvalue weighted by Crippen LogP contribution is -2.30. The molecule has 0 unspecified atom stereocenters. The quantitative estimate of drug-likeness (QED) is 0.427. The summed E-state index contributed by atoms with van der Waals surface area (Å²) in [5.74, 6) is 0.872. The van der Waals surface area contributed by atoms with Gasteiger partial charge in [0, 0.05) is 19.3 Å². The smallest absolute Gasteiger partial charge is 0.387 e. The predicted molar refractivity (Wildman–Crippen MR) is 121 cm³/mol. The predicted octanol–water partition coefficient (Wildman–Crippen LogP) is 5.68. The van der Waals surface area contributed by atoms with Gasteiger partial charge in [0.25, 0.3) is 0 Å². The number of anilines is 1. The first-order valence-electron chi connectivity index (χ1n) is 10.3. The van der Waals surface area contributed by atoms with Gasteiger partial charge in [-0.3, -0.25) is 0 Å². The Bertz CT molecular complexity index is 1030. The standard InChI is InChI=1S/C25H26F2N2O4/c1-29(15-18-6-12-23(13-7-18)33-24(26)27)25(30)28-21-5-3-4-20(14-21)17-32-16-19-8-10-22(31-2)11-9-19/h3-14,24H,15-17H2,1-2H3,(H,28,30). The lowest BCUT2D eigenvalue weighted by atomic mass is 10.2. The maximum Gasteiger partial charge on any atom is 0.387 e. The largest absolute Gasteiger partial charge is 0.497 e. The van der Waals surface area contributed by atoms with E-state index in [4.69, 9.17) is 9.47 Å². The Kier molecular flexibility index (Phi) is 8.60. The SMILES string of the molecule is COc1ccc(COCc2cccc(NC(=O)N(C)Cc3ccc(OC(F)F)cc3)c2)cc1. The summed E-state index contributed by atoms with van der Waals surface area (Å²) in [6.45, 7) is -1.69. The summed E-state index contributed by atoms with van der Waals surface area (Å²) in [4.78, 5) is 14.0. The maximum atomic E-state index is 12.5. The number of ether oxygens (including phenoxy) is 3. The summed E-state index contributed by atoms with van der Waals surface area (Å²) in [7, 11) is 3.28. The summed E-state index contributed by atoms with van der Waals surface area (Å²) in [6.07, 6.45) is 0. The molecule has 3 rings (SSSR count). The molecular weight excluding hydrogens is 430 g/mol. The summed E-state index contributed by atoms with van der Waals surface area (Å²) in [5.41, 5.74) is 3.40. The molecule has 1 N–H and O–H groups in total. The molecule has 0 bridgehead atoms. The number of carbonyl (C=O) groups excluding carboxylic acids is 1. The van der Waals surface area contributed by atoms with Crippen molar-refractivity contribution < 1.29 is 27.8 Å². The Hall–Kier alpha value is -3.65. The number of rotatable bonds is 10. The zero-order valence-corrected chi connectivity index (χ0v) is 18.5. The molecule has 0 fully saturated rings. The monoisotopic (exact) mass is 456 g/mol. The minimum absolute atomic E-state index is 0.0758. The highest BCUT2D eigenvalue weighted by Crippen LogP contribution is 2.17. The first-order chi connectivity index (χ1) is 15.9. The van der Waals surface area contributed by atoms with Crippen LogP contribution in [0.25, 0.3) is 0 Å². The van der Waals surface area contributed by atoms with Gasteiger partial charge in [0.05, 0.1) is 20.3 Å². The summed E-state index contributed by atoms with van der Waals surface area (Å²) in [5, 5.41) is 2.85. The molecule has 174 valence electrons. The number of carbonyl (C=O) groups is 1. The van der Waals surface area contributed by atoms with E-state index < -0.39 is 6.61 Å². The molecular formula is C25H26F2N2O4. The van der Waals surface area contributed by atoms with Crippen molar-refractivity contribution in [1.82, 2.24) is 4.90 Å². The van der Waals surface area contributed by atoms with Crippen LogP contribution in [0.15, 0.2) is 72.8 Å². The van der Waals surface area contributed by atoms with Gasteiger partial charge in [-0.05, 0) is 53.1 Å². The second-order valence-electron chi connectivity index (χ2n) is 7.35. The molecule has 3 aromatic carbocycles. The van der Waals surface area contributed by atoms with Crippen molar-refractivity contribution in [3.8, 4) is 11.5 Å². The zero-order valence-electron chi connectivity index (χ0n) is 18.5. The van der Waals surface area contributed by atoms with E-state index in [0.717, 1.165) is 22.4 Å². The van der Waals surface area contributed by atoms with Crippen LogP contribution in [0.2, 0.25) is 0 Å². The third-order valence-corrected chi connectivity index (χ3v) is 4.79. The fourth-order valence-corrected chi connectivity index (χ4v) is 3.09. The molecule has 0 saturated heterocycles. The molecule has 0 aliphatic heterocycles. The Morgan fingerprint density at radius 1 is 0.909 bits per heavy atom. The average molecular weight is 456 g/mol. The summed E-state index contributed by atoms with van der Waals surface area (Å²) in [6, 6.07) is 21.0. The minimum atomic E-state index is -2.87. The molecule has 0 atom stereocenters. The van der Waals surface area contributed by atoms with Crippen LogP contribution in [0.3, 0.4) is 0 Å². The van der Waals surface area contributed by atoms with Crippen LogP contribution >= 0.6 is 0 Å². The van der Waals surface area contributed by atoms with Gasteiger partial charge < -0.3 is 24.4 Å². The van der Waals surface area contributed by atoms with Gasteiger partial charge in [-0.1, -0.05) is 36.4 Å². The minimum Gasteiger partial charge on any atom is -0.497 e. The fourth-order valence-electron chi connectivity index (χ4n) is 3.09. The van der Waals surface area contributed by atoms with E-state index in [1.54, 1.807) is 32.4 Å². The molecule has 3 aromatic rings. The Balaban J connectivity index is 1.48. The highest BCUT2D eigenvalue weighted by molar-refractivity contribution is 5.89. The number of methoxy groups -OCH3 is 1. The van der Waals surface area contributed by atoms with E-state index in [1.165, 1.54) is 17.0 Å². The van der Waals surface area contributed by atoms with E-state index >= 15 is 0 Å². The lowest BCUT2D eigenvalue weighted by Gasteiger charge is -2.18. The van der Waals surface area contributed by atoms with Crippen LogP contribution in [0.5, 0.6) is 11.5 Å². The Morgan fingerprint density at radius 3 is 2.21 bits per heavy atom. The molecule has 0 aliphatic rings. The van der Waals surface area contributed by atoms with Crippen molar-refractivity contribution in [2.75, 3.05) is 19.5 Å². The van der Waals surface area contributed by atoms with Crippen molar-refractivity contribution >= 4 is 11.7 Å². The van der Waals surface area contributed by atoms with Crippen LogP contribution in [-0.4, -0.2) is 31.7 Å². The number of nitrogens with zero attached hydrogens (tertiary/aromatic N) is 1. The van der Waals surface area contributed by atoms with Crippen LogP contribution in [0, 0.1) is 0 Å². The number of halogens is 2. The number of amides is 2. The molecule has 6 nitrogen and oxygen atoms in total. The van der Waals surface area contributed by atoms with Crippen molar-refractivity contribution in [2.24, 2.45) is 0 Å². The van der Waals surface area contributed by atoms with Crippen LogP contribution in [-0.2, 0) is 24.5 Å². The first-order valence-corrected chi connectivity index (χ1v) is 10.3. The number of hydrogen-bond donors (Lipinski definition) is 1. The van der Waals surface area contributed by atoms with Gasteiger partial charge >= 0.3 is 12.6 Å². The maximum absolute atomic E-state index is 12.5. The summed E-state index contributed by atoms with van der Waals surface area (Å²) >= 11 is 0. The number of alkyl halides is 2. The number of hydrogen-bond acceptors (Lipinski definition) is 4. The molecule has 0 aliphatic carbocycles. The normalized spacial score (nSPS) is 10.7. The lowest BCUT2D eigenvalue weighted by molar-refractivity contribution is -0.0498. The third kappa shape index (κ3) is 7.76. The molecule has 8 heteroatoms. The average Bonchev–Trinajstić information content (AvgIpc) is 2.80. The van der Waals surface area contributed by atoms with Gasteiger partial charge in [-0.25, -0.2) is 4.79 Å². The van der Waals surface area contributed by atoms with Gasteiger partial charge in [0.1, 0.15) is 11.5 Å². The topological polar surface area (TPSA) is 60.0 Å². The van der Waals surface area contributed by atoms with E-state index in [0.29, 0.717) is 25.4 Å². The van der Waals surface area contributed by atoms with Gasteiger partial charge in [0.15, 0.2) is 0 Å². The fraction of sp³-hybridized carbons (Fsp3) is 0.240. The van der Waals surface area contributed by atoms with E-state index in [1.807, 2.05) is 42.5 Å². The molecule has 0 heterocycles. The van der Waals surface area contributed by atoms with Crippen LogP contribution < -0.4 is 14.8 Å². The molecule has 0 spiro atoms. The van der Waals surface area contributed by atoms with Gasteiger partial charge in [0.2, 0.25) is 0 Å². The van der Waals surface area contributed by atoms with Crippen molar-refractivity contribution in [2.45, 2.75) is 26.4 Å².